The Kier molecular flexibility index (Phi) is 4.12. The number of guanidine groups is 1. The van der Waals surface area contributed by atoms with Crippen LogP contribution in [0.25, 0.3) is 0 Å². The predicted molar refractivity (Wildman–Crippen MR) is 78.0 cm³/mol. The molecule has 2 rings (SSSR count). The van der Waals surface area contributed by atoms with Gasteiger partial charge >= 0.3 is 0 Å². The van der Waals surface area contributed by atoms with E-state index in [0.29, 0.717) is 12.5 Å². The normalized spacial score (nSPS) is 18.1. The summed E-state index contributed by atoms with van der Waals surface area (Å²) in [6.45, 7) is 9.08. The van der Waals surface area contributed by atoms with Gasteiger partial charge in [-0.3, -0.25) is 4.68 Å². The van der Waals surface area contributed by atoms with Gasteiger partial charge in [-0.05, 0) is 32.6 Å². The van der Waals surface area contributed by atoms with E-state index >= 15 is 0 Å². The lowest BCUT2D eigenvalue weighted by Crippen LogP contribution is -2.42. The molecule has 1 saturated heterocycles. The molecule has 0 bridgehead atoms. The number of aliphatic imine (C=N–C) groups is 1. The van der Waals surface area contributed by atoms with Gasteiger partial charge < -0.3 is 10.6 Å². The van der Waals surface area contributed by atoms with Gasteiger partial charge in [-0.2, -0.15) is 5.10 Å². The fourth-order valence-electron chi connectivity index (χ4n) is 2.54. The average Bonchev–Trinajstić information content (AvgIpc) is 2.62. The predicted octanol–water partition coefficient (Wildman–Crippen LogP) is 1.58. The summed E-state index contributed by atoms with van der Waals surface area (Å²) in [5.74, 6) is 1.49. The van der Waals surface area contributed by atoms with Gasteiger partial charge in [-0.15, -0.1) is 0 Å². The van der Waals surface area contributed by atoms with Crippen LogP contribution in [-0.2, 0) is 13.6 Å². The molecule has 0 spiro atoms. The lowest BCUT2D eigenvalue weighted by molar-refractivity contribution is 0.277. The fourth-order valence-corrected chi connectivity index (χ4v) is 2.54. The topological polar surface area (TPSA) is 59.4 Å². The van der Waals surface area contributed by atoms with Crippen LogP contribution < -0.4 is 5.73 Å². The zero-order valence-corrected chi connectivity index (χ0v) is 12.5. The third kappa shape index (κ3) is 3.08. The van der Waals surface area contributed by atoms with Crippen LogP contribution in [-0.4, -0.2) is 33.7 Å². The van der Waals surface area contributed by atoms with Crippen LogP contribution in [0.3, 0.4) is 0 Å². The average molecular weight is 263 g/mol. The molecule has 2 N–H and O–H groups in total. The Bertz CT molecular complexity index is 466. The second kappa shape index (κ2) is 5.63. The number of hydrogen-bond acceptors (Lipinski definition) is 2. The zero-order chi connectivity index (χ0) is 14.0. The van der Waals surface area contributed by atoms with Crippen LogP contribution in [0.5, 0.6) is 0 Å². The second-order valence-corrected chi connectivity index (χ2v) is 5.62. The lowest BCUT2D eigenvalue weighted by Gasteiger charge is -2.31. The van der Waals surface area contributed by atoms with Crippen molar-refractivity contribution in [2.45, 2.75) is 40.2 Å². The maximum atomic E-state index is 6.10. The second-order valence-electron chi connectivity index (χ2n) is 5.62. The third-order valence-electron chi connectivity index (χ3n) is 4.17. The number of hydrogen-bond donors (Lipinski definition) is 1. The van der Waals surface area contributed by atoms with E-state index in [4.69, 9.17) is 5.73 Å². The molecule has 1 aromatic rings. The highest BCUT2D eigenvalue weighted by molar-refractivity contribution is 5.78. The highest BCUT2D eigenvalue weighted by atomic mass is 15.3. The summed E-state index contributed by atoms with van der Waals surface area (Å²) >= 11 is 0. The molecule has 0 aromatic carbocycles. The molecule has 0 atom stereocenters. The van der Waals surface area contributed by atoms with Crippen LogP contribution in [0, 0.1) is 19.8 Å². The van der Waals surface area contributed by atoms with E-state index < -0.39 is 0 Å². The van der Waals surface area contributed by atoms with Gasteiger partial charge in [0.05, 0.1) is 12.2 Å². The zero-order valence-electron chi connectivity index (χ0n) is 12.5. The van der Waals surface area contributed by atoms with Crippen LogP contribution >= 0.6 is 0 Å². The van der Waals surface area contributed by atoms with Gasteiger partial charge in [0, 0.05) is 31.4 Å². The number of aryl methyl sites for hydroxylation is 2. The number of rotatable bonds is 2. The Morgan fingerprint density at radius 3 is 2.53 bits per heavy atom. The molecule has 0 saturated carbocycles. The minimum atomic E-state index is 0.628. The molecular formula is C14H25N5. The number of piperidine rings is 1. The number of nitrogens with two attached hydrogens (primary N) is 1. The van der Waals surface area contributed by atoms with E-state index in [1.165, 1.54) is 24.1 Å². The van der Waals surface area contributed by atoms with Crippen LogP contribution in [0.4, 0.5) is 0 Å². The van der Waals surface area contributed by atoms with Crippen molar-refractivity contribution in [3.63, 3.8) is 0 Å². The lowest BCUT2D eigenvalue weighted by atomic mass is 10.00. The van der Waals surface area contributed by atoms with Crippen LogP contribution in [0.2, 0.25) is 0 Å². The minimum Gasteiger partial charge on any atom is -0.370 e. The van der Waals surface area contributed by atoms with Gasteiger partial charge in [-0.1, -0.05) is 6.92 Å². The van der Waals surface area contributed by atoms with Crippen molar-refractivity contribution in [1.29, 1.82) is 0 Å². The summed E-state index contributed by atoms with van der Waals surface area (Å²) in [7, 11) is 1.96. The van der Waals surface area contributed by atoms with Crippen LogP contribution in [0.15, 0.2) is 4.99 Å². The Morgan fingerprint density at radius 1 is 1.37 bits per heavy atom. The van der Waals surface area contributed by atoms with Crippen molar-refractivity contribution in [2.24, 2.45) is 23.7 Å². The molecule has 1 fully saturated rings. The Hall–Kier alpha value is -1.52. The van der Waals surface area contributed by atoms with Crippen LogP contribution in [0.1, 0.15) is 36.7 Å². The van der Waals surface area contributed by atoms with E-state index in [0.717, 1.165) is 24.7 Å². The summed E-state index contributed by atoms with van der Waals surface area (Å²) < 4.78 is 1.90. The smallest absolute Gasteiger partial charge is 0.191 e. The molecule has 1 aliphatic rings. The molecule has 5 nitrogen and oxygen atoms in total. The van der Waals surface area contributed by atoms with E-state index in [1.807, 2.05) is 18.7 Å². The minimum absolute atomic E-state index is 0.628. The highest BCUT2D eigenvalue weighted by Gasteiger charge is 2.17. The van der Waals surface area contributed by atoms with Crippen molar-refractivity contribution < 1.29 is 0 Å². The van der Waals surface area contributed by atoms with Crippen molar-refractivity contribution in [1.82, 2.24) is 14.7 Å². The Labute approximate surface area is 115 Å². The molecule has 0 radical (unpaired) electrons. The number of nitrogens with zero attached hydrogens (tertiary/aromatic N) is 4. The fraction of sp³-hybridized carbons (Fsp3) is 0.714. The SMILES string of the molecule is Cc1nn(C)c(C)c1CN=C(N)N1CCC(C)CC1. The van der Waals surface area contributed by atoms with Gasteiger partial charge in [0.15, 0.2) is 5.96 Å². The molecule has 2 heterocycles. The van der Waals surface area contributed by atoms with Crippen molar-refractivity contribution in [2.75, 3.05) is 13.1 Å². The highest BCUT2D eigenvalue weighted by Crippen LogP contribution is 2.16. The van der Waals surface area contributed by atoms with Gasteiger partial charge in [0.25, 0.3) is 0 Å². The van der Waals surface area contributed by atoms with E-state index in [9.17, 15) is 0 Å². The summed E-state index contributed by atoms with van der Waals surface area (Å²) in [5.41, 5.74) is 9.50. The summed E-state index contributed by atoms with van der Waals surface area (Å²) in [6.07, 6.45) is 2.42. The molecule has 1 aliphatic heterocycles. The molecule has 5 heteroatoms. The molecule has 0 unspecified atom stereocenters. The number of likely N-dealkylation sites (tertiary alicyclic amines) is 1. The van der Waals surface area contributed by atoms with Gasteiger partial charge in [-0.25, -0.2) is 4.99 Å². The van der Waals surface area contributed by atoms with E-state index in [2.05, 4.69) is 28.8 Å². The molecule has 0 aliphatic carbocycles. The summed E-state index contributed by atoms with van der Waals surface area (Å²) in [4.78, 5) is 6.74. The molecule has 106 valence electrons. The summed E-state index contributed by atoms with van der Waals surface area (Å²) in [5, 5.41) is 4.40. The Balaban J connectivity index is 2.01. The molecule has 1 aromatic heterocycles. The first-order valence-corrected chi connectivity index (χ1v) is 7.03. The maximum Gasteiger partial charge on any atom is 0.191 e. The largest absolute Gasteiger partial charge is 0.370 e. The van der Waals surface area contributed by atoms with Gasteiger partial charge in [0.2, 0.25) is 0 Å². The van der Waals surface area contributed by atoms with E-state index in [-0.39, 0.29) is 0 Å². The third-order valence-corrected chi connectivity index (χ3v) is 4.17. The monoisotopic (exact) mass is 263 g/mol. The maximum absolute atomic E-state index is 6.10. The first-order chi connectivity index (χ1) is 8.99. The number of aromatic nitrogens is 2. The molecule has 19 heavy (non-hydrogen) atoms. The first kappa shape index (κ1) is 13.9. The van der Waals surface area contributed by atoms with E-state index in [1.54, 1.807) is 0 Å². The van der Waals surface area contributed by atoms with Crippen molar-refractivity contribution >= 4 is 5.96 Å². The summed E-state index contributed by atoms with van der Waals surface area (Å²) in [6, 6.07) is 0. The van der Waals surface area contributed by atoms with Crippen molar-refractivity contribution in [3.8, 4) is 0 Å². The van der Waals surface area contributed by atoms with Gasteiger partial charge in [0.1, 0.15) is 0 Å². The molecular weight excluding hydrogens is 238 g/mol. The first-order valence-electron chi connectivity index (χ1n) is 7.03. The Morgan fingerprint density at radius 2 is 2.00 bits per heavy atom. The standard InChI is InChI=1S/C14H25N5/c1-10-5-7-19(8-6-10)14(15)16-9-13-11(2)17-18(4)12(13)3/h10H,5-9H2,1-4H3,(H2,15,16). The van der Waals surface area contributed by atoms with Crippen molar-refractivity contribution in [3.05, 3.63) is 17.0 Å². The molecule has 0 amide bonds. The quantitative estimate of drug-likeness (QED) is 0.651.